The van der Waals surface area contributed by atoms with Crippen molar-refractivity contribution in [2.75, 3.05) is 16.4 Å². The maximum absolute atomic E-state index is 11.6. The largest absolute Gasteiger partial charge is 0.478 e. The molecule has 0 aliphatic heterocycles. The van der Waals surface area contributed by atoms with Gasteiger partial charge in [-0.3, -0.25) is 9.78 Å². The summed E-state index contributed by atoms with van der Waals surface area (Å²) in [4.78, 5) is 28.3. The van der Waals surface area contributed by atoms with E-state index in [1.54, 1.807) is 12.1 Å². The third-order valence-corrected chi connectivity index (χ3v) is 2.66. The first-order chi connectivity index (χ1) is 9.95. The lowest BCUT2D eigenvalue weighted by Gasteiger charge is -2.09. The summed E-state index contributed by atoms with van der Waals surface area (Å²) in [7, 11) is 0. The molecule has 21 heavy (non-hydrogen) atoms. The summed E-state index contributed by atoms with van der Waals surface area (Å²) in [6.45, 7) is 0. The van der Waals surface area contributed by atoms with Gasteiger partial charge in [-0.1, -0.05) is 0 Å². The number of anilines is 3. The summed E-state index contributed by atoms with van der Waals surface area (Å²) >= 11 is 5.04. The Morgan fingerprint density at radius 3 is 2.52 bits per heavy atom. The van der Waals surface area contributed by atoms with Gasteiger partial charge >= 0.3 is 5.97 Å². The fourth-order valence-electron chi connectivity index (χ4n) is 1.48. The fourth-order valence-corrected chi connectivity index (χ4v) is 1.71. The monoisotopic (exact) mass is 305 g/mol. The number of aromatic amines is 1. The Labute approximate surface area is 124 Å². The smallest absolute Gasteiger partial charge is 0.335 e. The van der Waals surface area contributed by atoms with Crippen molar-refractivity contribution in [2.45, 2.75) is 0 Å². The molecule has 0 radical (unpaired) electrons. The van der Waals surface area contributed by atoms with Gasteiger partial charge in [-0.2, -0.15) is 0 Å². The third-order valence-electron chi connectivity index (χ3n) is 2.46. The summed E-state index contributed by atoms with van der Waals surface area (Å²) in [5.41, 5.74) is 5.77. The van der Waals surface area contributed by atoms with Gasteiger partial charge in [-0.05, 0) is 36.5 Å². The van der Waals surface area contributed by atoms with Crippen molar-refractivity contribution < 1.29 is 9.90 Å². The van der Waals surface area contributed by atoms with Crippen molar-refractivity contribution >= 4 is 40.6 Å². The highest BCUT2D eigenvalue weighted by molar-refractivity contribution is 7.80. The molecule has 0 atom stereocenters. The Hall–Kier alpha value is -2.94. The van der Waals surface area contributed by atoms with Crippen LogP contribution in [-0.4, -0.2) is 26.2 Å². The van der Waals surface area contributed by atoms with E-state index >= 15 is 0 Å². The fraction of sp³-hybridized carbons (Fsp3) is 0. The molecule has 1 aromatic heterocycles. The van der Waals surface area contributed by atoms with E-state index in [0.29, 0.717) is 5.69 Å². The van der Waals surface area contributed by atoms with Crippen LogP contribution in [0.5, 0.6) is 0 Å². The summed E-state index contributed by atoms with van der Waals surface area (Å²) in [5.74, 6) is -1.00. The van der Waals surface area contributed by atoms with E-state index < -0.39 is 11.5 Å². The van der Waals surface area contributed by atoms with Crippen LogP contribution >= 0.6 is 12.2 Å². The molecule has 0 aliphatic carbocycles. The Morgan fingerprint density at radius 2 is 1.95 bits per heavy atom. The van der Waals surface area contributed by atoms with Crippen molar-refractivity contribution in [3.05, 3.63) is 46.4 Å². The number of hydrogen-bond donors (Lipinski definition) is 5. The predicted octanol–water partition coefficient (Wildman–Crippen LogP) is 0.859. The lowest BCUT2D eigenvalue weighted by atomic mass is 10.2. The summed E-state index contributed by atoms with van der Waals surface area (Å²) in [6, 6.07) is 5.99. The quantitative estimate of drug-likeness (QED) is 0.527. The first-order valence-electron chi connectivity index (χ1n) is 5.72. The molecular formula is C12H11N5O3S. The van der Waals surface area contributed by atoms with Crippen molar-refractivity contribution in [2.24, 2.45) is 0 Å². The number of carbonyl (C=O) groups is 1. The van der Waals surface area contributed by atoms with Gasteiger partial charge in [0.1, 0.15) is 5.69 Å². The molecule has 0 saturated heterocycles. The molecular weight excluding hydrogens is 294 g/mol. The lowest BCUT2D eigenvalue weighted by Crippen LogP contribution is -2.24. The highest BCUT2D eigenvalue weighted by atomic mass is 32.1. The Balaban J connectivity index is 2.04. The summed E-state index contributed by atoms with van der Waals surface area (Å²) in [5, 5.41) is 14.4. The lowest BCUT2D eigenvalue weighted by molar-refractivity contribution is 0.0697. The number of carboxylic acid groups (broad SMARTS) is 1. The number of nitrogens with zero attached hydrogens (tertiary/aromatic N) is 1. The highest BCUT2D eigenvalue weighted by Gasteiger charge is 2.05. The Kier molecular flexibility index (Phi) is 4.14. The molecule has 0 saturated carbocycles. The number of aromatic carboxylic acids is 1. The second kappa shape index (κ2) is 6.01. The third kappa shape index (κ3) is 3.76. The van der Waals surface area contributed by atoms with E-state index in [1.807, 2.05) is 0 Å². The molecule has 1 heterocycles. The average Bonchev–Trinajstić information content (AvgIpc) is 2.42. The van der Waals surface area contributed by atoms with Crippen LogP contribution in [0.2, 0.25) is 0 Å². The van der Waals surface area contributed by atoms with Crippen LogP contribution in [0.15, 0.2) is 35.3 Å². The van der Waals surface area contributed by atoms with E-state index in [9.17, 15) is 9.59 Å². The number of hydrogen-bond acceptors (Lipinski definition) is 5. The first-order valence-corrected chi connectivity index (χ1v) is 6.12. The number of nitrogens with one attached hydrogen (secondary N) is 3. The van der Waals surface area contributed by atoms with Gasteiger partial charge in [0.2, 0.25) is 0 Å². The molecule has 108 valence electrons. The molecule has 0 fully saturated rings. The number of H-pyrrole nitrogens is 1. The molecule has 8 nitrogen and oxygen atoms in total. The minimum Gasteiger partial charge on any atom is -0.478 e. The maximum Gasteiger partial charge on any atom is 0.335 e. The van der Waals surface area contributed by atoms with Gasteiger partial charge in [-0.25, -0.2) is 9.78 Å². The zero-order valence-electron chi connectivity index (χ0n) is 10.6. The topological polar surface area (TPSA) is 133 Å². The number of aromatic nitrogens is 2. The SMILES string of the molecule is Nc1ncc(NC(=S)Nc2ccc(C(=O)O)cc2)c(=O)[nH]1. The minimum absolute atomic E-state index is 0.00804. The standard InChI is InChI=1S/C12H11N5O3S/c13-11-14-5-8(9(18)17-11)16-12(21)15-7-3-1-6(2-4-7)10(19)20/h1-5H,(H,19,20)(H2,15,16,21)(H3,13,14,17,18). The van der Waals surface area contributed by atoms with Gasteiger partial charge in [0.25, 0.3) is 5.56 Å². The van der Waals surface area contributed by atoms with E-state index in [4.69, 9.17) is 23.1 Å². The molecule has 0 spiro atoms. The number of carboxylic acids is 1. The normalized spacial score (nSPS) is 9.90. The van der Waals surface area contributed by atoms with Crippen LogP contribution in [0.1, 0.15) is 10.4 Å². The molecule has 6 N–H and O–H groups in total. The average molecular weight is 305 g/mol. The number of benzene rings is 1. The number of rotatable bonds is 3. The zero-order valence-corrected chi connectivity index (χ0v) is 11.4. The van der Waals surface area contributed by atoms with E-state index in [1.165, 1.54) is 18.3 Å². The Morgan fingerprint density at radius 1 is 1.29 bits per heavy atom. The second-order valence-electron chi connectivity index (χ2n) is 3.97. The van der Waals surface area contributed by atoms with E-state index in [0.717, 1.165) is 0 Å². The van der Waals surface area contributed by atoms with Gasteiger partial charge in [0, 0.05) is 5.69 Å². The molecule has 0 unspecified atom stereocenters. The molecule has 1 aromatic carbocycles. The molecule has 0 amide bonds. The Bertz CT molecular complexity index is 741. The van der Waals surface area contributed by atoms with Crippen LogP contribution in [0.4, 0.5) is 17.3 Å². The molecule has 0 bridgehead atoms. The summed E-state index contributed by atoms with van der Waals surface area (Å²) < 4.78 is 0. The highest BCUT2D eigenvalue weighted by Crippen LogP contribution is 2.10. The number of thiocarbonyl (C=S) groups is 1. The molecule has 2 aromatic rings. The van der Waals surface area contributed by atoms with Gasteiger partial charge in [0.15, 0.2) is 11.1 Å². The van der Waals surface area contributed by atoms with E-state index in [2.05, 4.69) is 20.6 Å². The minimum atomic E-state index is -1.01. The van der Waals surface area contributed by atoms with Crippen LogP contribution < -0.4 is 21.9 Å². The van der Waals surface area contributed by atoms with Crippen LogP contribution in [0.25, 0.3) is 0 Å². The van der Waals surface area contributed by atoms with Crippen LogP contribution in [0, 0.1) is 0 Å². The summed E-state index contributed by atoms with van der Waals surface area (Å²) in [6.07, 6.45) is 1.26. The van der Waals surface area contributed by atoms with Crippen molar-refractivity contribution in [1.82, 2.24) is 9.97 Å². The van der Waals surface area contributed by atoms with Crippen molar-refractivity contribution in [3.8, 4) is 0 Å². The van der Waals surface area contributed by atoms with E-state index in [-0.39, 0.29) is 22.3 Å². The molecule has 0 aliphatic rings. The van der Waals surface area contributed by atoms with Crippen molar-refractivity contribution in [1.29, 1.82) is 0 Å². The van der Waals surface area contributed by atoms with Crippen molar-refractivity contribution in [3.63, 3.8) is 0 Å². The zero-order chi connectivity index (χ0) is 15.4. The molecule has 9 heteroatoms. The predicted molar refractivity (Wildman–Crippen MR) is 82.5 cm³/mol. The van der Waals surface area contributed by atoms with Gasteiger partial charge in [-0.15, -0.1) is 0 Å². The number of nitrogen functional groups attached to an aromatic ring is 1. The van der Waals surface area contributed by atoms with Gasteiger partial charge in [0.05, 0.1) is 11.8 Å². The second-order valence-corrected chi connectivity index (χ2v) is 4.38. The molecule has 2 rings (SSSR count). The van der Waals surface area contributed by atoms with Crippen LogP contribution in [-0.2, 0) is 0 Å². The first kappa shape index (κ1) is 14.5. The number of nitrogens with two attached hydrogens (primary N) is 1. The maximum atomic E-state index is 11.6. The van der Waals surface area contributed by atoms with Crippen LogP contribution in [0.3, 0.4) is 0 Å². The van der Waals surface area contributed by atoms with Gasteiger partial charge < -0.3 is 21.5 Å².